The minimum atomic E-state index is -0.458. The largest absolute Gasteiger partial charge is 0.444 e. The molecule has 1 amide bonds. The Balaban J connectivity index is 2.31. The molecular formula is C14H25NO3. The maximum atomic E-state index is 11.6. The molecule has 1 fully saturated rings. The predicted molar refractivity (Wildman–Crippen MR) is 71.3 cm³/mol. The van der Waals surface area contributed by atoms with E-state index in [0.29, 0.717) is 0 Å². The predicted octanol–water partition coefficient (Wildman–Crippen LogP) is 2.62. The second-order valence-corrected chi connectivity index (χ2v) is 5.98. The summed E-state index contributed by atoms with van der Waals surface area (Å²) in [7, 11) is 0. The summed E-state index contributed by atoms with van der Waals surface area (Å²) in [6.07, 6.45) is 4.40. The van der Waals surface area contributed by atoms with Gasteiger partial charge in [0.15, 0.2) is 0 Å². The molecule has 1 rings (SSSR count). The highest BCUT2D eigenvalue weighted by Crippen LogP contribution is 2.27. The van der Waals surface area contributed by atoms with E-state index >= 15 is 0 Å². The number of alkyl carbamates (subject to hydrolysis) is 1. The van der Waals surface area contributed by atoms with Crippen LogP contribution in [0, 0.1) is 5.92 Å². The third kappa shape index (κ3) is 5.08. The molecule has 0 radical (unpaired) electrons. The van der Waals surface area contributed by atoms with E-state index in [2.05, 4.69) is 11.9 Å². The van der Waals surface area contributed by atoms with Gasteiger partial charge >= 0.3 is 6.09 Å². The van der Waals surface area contributed by atoms with Crippen molar-refractivity contribution >= 4 is 6.09 Å². The fourth-order valence-corrected chi connectivity index (χ4v) is 2.27. The van der Waals surface area contributed by atoms with Crippen LogP contribution in [0.25, 0.3) is 0 Å². The first-order chi connectivity index (χ1) is 8.31. The zero-order valence-electron chi connectivity index (χ0n) is 11.6. The highest BCUT2D eigenvalue weighted by Gasteiger charge is 2.27. The number of hydrogen-bond acceptors (Lipinski definition) is 3. The summed E-state index contributed by atoms with van der Waals surface area (Å²) in [5, 5.41) is 12.6. The maximum Gasteiger partial charge on any atom is 0.407 e. The molecule has 4 heteroatoms. The summed E-state index contributed by atoms with van der Waals surface area (Å²) < 4.78 is 5.22. The SMILES string of the molecule is C=CC(O)C1CCC(NC(=O)OC(C)(C)C)CC1. The molecule has 4 nitrogen and oxygen atoms in total. The topological polar surface area (TPSA) is 58.6 Å². The van der Waals surface area contributed by atoms with Crippen LogP contribution < -0.4 is 5.32 Å². The molecule has 0 heterocycles. The molecular weight excluding hydrogens is 230 g/mol. The number of aliphatic hydroxyl groups excluding tert-OH is 1. The van der Waals surface area contributed by atoms with E-state index in [0.717, 1.165) is 25.7 Å². The van der Waals surface area contributed by atoms with Gasteiger partial charge in [-0.2, -0.15) is 0 Å². The number of hydrogen-bond donors (Lipinski definition) is 2. The van der Waals surface area contributed by atoms with Crippen LogP contribution >= 0.6 is 0 Å². The average Bonchev–Trinajstić information content (AvgIpc) is 2.26. The summed E-state index contributed by atoms with van der Waals surface area (Å²) in [5.74, 6) is 0.277. The molecule has 0 bridgehead atoms. The summed E-state index contributed by atoms with van der Waals surface area (Å²) in [5.41, 5.74) is -0.458. The summed E-state index contributed by atoms with van der Waals surface area (Å²) in [4.78, 5) is 11.6. The van der Waals surface area contributed by atoms with Crippen LogP contribution in [0.4, 0.5) is 4.79 Å². The third-order valence-corrected chi connectivity index (χ3v) is 3.22. The van der Waals surface area contributed by atoms with Crippen molar-refractivity contribution in [3.8, 4) is 0 Å². The van der Waals surface area contributed by atoms with Crippen LogP contribution in [0.15, 0.2) is 12.7 Å². The van der Waals surface area contributed by atoms with Gasteiger partial charge < -0.3 is 15.2 Å². The lowest BCUT2D eigenvalue weighted by Gasteiger charge is -2.31. The zero-order valence-corrected chi connectivity index (χ0v) is 11.6. The van der Waals surface area contributed by atoms with Gasteiger partial charge in [0.1, 0.15) is 5.60 Å². The Bertz CT molecular complexity index is 288. The zero-order chi connectivity index (χ0) is 13.8. The van der Waals surface area contributed by atoms with E-state index in [1.807, 2.05) is 20.8 Å². The van der Waals surface area contributed by atoms with Gasteiger partial charge in [-0.25, -0.2) is 4.79 Å². The molecule has 1 aliphatic carbocycles. The number of nitrogens with one attached hydrogen (secondary N) is 1. The van der Waals surface area contributed by atoms with Gasteiger partial charge in [0, 0.05) is 6.04 Å². The van der Waals surface area contributed by atoms with Crippen LogP contribution in [0.3, 0.4) is 0 Å². The number of ether oxygens (including phenoxy) is 1. The van der Waals surface area contributed by atoms with Gasteiger partial charge in [0.05, 0.1) is 6.10 Å². The average molecular weight is 255 g/mol. The number of amides is 1. The second kappa shape index (κ2) is 6.23. The Labute approximate surface area is 109 Å². The van der Waals surface area contributed by atoms with E-state index < -0.39 is 11.7 Å². The van der Waals surface area contributed by atoms with Crippen molar-refractivity contribution < 1.29 is 14.6 Å². The quantitative estimate of drug-likeness (QED) is 0.762. The molecule has 1 saturated carbocycles. The molecule has 2 N–H and O–H groups in total. The third-order valence-electron chi connectivity index (χ3n) is 3.22. The van der Waals surface area contributed by atoms with Crippen molar-refractivity contribution in [2.24, 2.45) is 5.92 Å². The minimum Gasteiger partial charge on any atom is -0.444 e. The van der Waals surface area contributed by atoms with E-state index in [1.54, 1.807) is 6.08 Å². The first-order valence-corrected chi connectivity index (χ1v) is 6.62. The molecule has 0 spiro atoms. The Kier molecular flexibility index (Phi) is 5.20. The van der Waals surface area contributed by atoms with Gasteiger partial charge in [-0.05, 0) is 52.4 Å². The number of rotatable bonds is 3. The minimum absolute atomic E-state index is 0.160. The molecule has 1 unspecified atom stereocenters. The monoisotopic (exact) mass is 255 g/mol. The normalized spacial score (nSPS) is 26.2. The lowest BCUT2D eigenvalue weighted by Crippen LogP contribution is -2.41. The smallest absolute Gasteiger partial charge is 0.407 e. The molecule has 1 atom stereocenters. The van der Waals surface area contributed by atoms with Gasteiger partial charge in [-0.15, -0.1) is 6.58 Å². The van der Waals surface area contributed by atoms with Crippen molar-refractivity contribution in [3.63, 3.8) is 0 Å². The lowest BCUT2D eigenvalue weighted by atomic mass is 9.83. The first-order valence-electron chi connectivity index (χ1n) is 6.62. The van der Waals surface area contributed by atoms with E-state index in [9.17, 15) is 9.90 Å². The van der Waals surface area contributed by atoms with Crippen molar-refractivity contribution in [1.29, 1.82) is 0 Å². The molecule has 18 heavy (non-hydrogen) atoms. The summed E-state index contributed by atoms with van der Waals surface area (Å²) in [6.45, 7) is 9.16. The fourth-order valence-electron chi connectivity index (χ4n) is 2.27. The van der Waals surface area contributed by atoms with Gasteiger partial charge in [-0.3, -0.25) is 0 Å². The molecule has 0 aromatic heterocycles. The van der Waals surface area contributed by atoms with Crippen molar-refractivity contribution in [1.82, 2.24) is 5.32 Å². The van der Waals surface area contributed by atoms with Gasteiger partial charge in [0.25, 0.3) is 0 Å². The number of carbonyl (C=O) groups excluding carboxylic acids is 1. The summed E-state index contributed by atoms with van der Waals surface area (Å²) >= 11 is 0. The highest BCUT2D eigenvalue weighted by atomic mass is 16.6. The molecule has 0 aromatic rings. The molecule has 0 aliphatic heterocycles. The Morgan fingerprint density at radius 3 is 2.39 bits per heavy atom. The second-order valence-electron chi connectivity index (χ2n) is 5.98. The van der Waals surface area contributed by atoms with Crippen LogP contribution in [0.2, 0.25) is 0 Å². The Morgan fingerprint density at radius 1 is 1.39 bits per heavy atom. The Morgan fingerprint density at radius 2 is 1.94 bits per heavy atom. The van der Waals surface area contributed by atoms with Crippen LogP contribution in [-0.4, -0.2) is 28.9 Å². The lowest BCUT2D eigenvalue weighted by molar-refractivity contribution is 0.0472. The van der Waals surface area contributed by atoms with Crippen molar-refractivity contribution in [2.75, 3.05) is 0 Å². The maximum absolute atomic E-state index is 11.6. The summed E-state index contributed by atoms with van der Waals surface area (Å²) in [6, 6.07) is 0.160. The fraction of sp³-hybridized carbons (Fsp3) is 0.786. The van der Waals surface area contributed by atoms with Gasteiger partial charge in [-0.1, -0.05) is 6.08 Å². The number of aliphatic hydroxyl groups is 1. The van der Waals surface area contributed by atoms with Crippen LogP contribution in [-0.2, 0) is 4.74 Å². The number of carbonyl (C=O) groups is 1. The van der Waals surface area contributed by atoms with Gasteiger partial charge in [0.2, 0.25) is 0 Å². The standard InChI is InChI=1S/C14H25NO3/c1-5-12(16)10-6-8-11(9-7-10)15-13(17)18-14(2,3)4/h5,10-12,16H,1,6-9H2,2-4H3,(H,15,17). The molecule has 0 saturated heterocycles. The Hall–Kier alpha value is -1.03. The van der Waals surface area contributed by atoms with Crippen molar-refractivity contribution in [3.05, 3.63) is 12.7 Å². The van der Waals surface area contributed by atoms with Crippen molar-refractivity contribution in [2.45, 2.75) is 64.2 Å². The highest BCUT2D eigenvalue weighted by molar-refractivity contribution is 5.68. The van der Waals surface area contributed by atoms with Crippen LogP contribution in [0.1, 0.15) is 46.5 Å². The van der Waals surface area contributed by atoms with E-state index in [4.69, 9.17) is 4.74 Å². The van der Waals surface area contributed by atoms with E-state index in [-0.39, 0.29) is 18.1 Å². The van der Waals surface area contributed by atoms with E-state index in [1.165, 1.54) is 0 Å². The molecule has 0 aromatic carbocycles. The molecule has 104 valence electrons. The molecule has 1 aliphatic rings. The first kappa shape index (κ1) is 15.0. The van der Waals surface area contributed by atoms with Crippen LogP contribution in [0.5, 0.6) is 0 Å².